The number of amides is 3. The number of nitrogens with two attached hydrogens (primary N) is 1. The molecular weight excluding hydrogens is 394 g/mol. The smallest absolute Gasteiger partial charge is 0.253 e. The van der Waals surface area contributed by atoms with Crippen LogP contribution in [0.4, 0.5) is 0 Å². The fraction of sp³-hybridized carbons (Fsp3) is 0.375. The first-order valence-corrected chi connectivity index (χ1v) is 10.6. The predicted octanol–water partition coefficient (Wildman–Crippen LogP) is 3.30. The van der Waals surface area contributed by atoms with Gasteiger partial charge in [-0.3, -0.25) is 14.4 Å². The van der Waals surface area contributed by atoms with Gasteiger partial charge in [0.25, 0.3) is 5.91 Å². The number of benzene rings is 2. The summed E-state index contributed by atoms with van der Waals surface area (Å²) in [6.45, 7) is 6.45. The van der Waals surface area contributed by atoms with Gasteiger partial charge in [0, 0.05) is 43.7 Å². The third-order valence-electron chi connectivity index (χ3n) is 5.33. The maximum Gasteiger partial charge on any atom is 0.253 e. The minimum Gasteiger partial charge on any atom is -0.457 e. The highest BCUT2D eigenvalue weighted by atomic mass is 16.5. The molecule has 0 saturated carbocycles. The van der Waals surface area contributed by atoms with Crippen LogP contribution in [0.5, 0.6) is 11.5 Å². The highest BCUT2D eigenvalue weighted by Crippen LogP contribution is 2.23. The van der Waals surface area contributed by atoms with Crippen molar-refractivity contribution in [2.75, 3.05) is 26.2 Å². The molecule has 3 amide bonds. The Labute approximate surface area is 182 Å². The summed E-state index contributed by atoms with van der Waals surface area (Å²) >= 11 is 0. The van der Waals surface area contributed by atoms with Crippen LogP contribution in [0.15, 0.2) is 48.5 Å². The van der Waals surface area contributed by atoms with E-state index in [0.717, 1.165) is 6.42 Å². The summed E-state index contributed by atoms with van der Waals surface area (Å²) in [5, 5.41) is 0. The van der Waals surface area contributed by atoms with Gasteiger partial charge in [0.05, 0.1) is 0 Å². The molecule has 0 unspecified atom stereocenters. The van der Waals surface area contributed by atoms with Crippen LogP contribution in [0.1, 0.15) is 47.4 Å². The zero-order valence-electron chi connectivity index (χ0n) is 18.0. The van der Waals surface area contributed by atoms with E-state index in [2.05, 4.69) is 13.8 Å². The summed E-state index contributed by atoms with van der Waals surface area (Å²) in [6.07, 6.45) is 1.46. The molecule has 7 heteroatoms. The lowest BCUT2D eigenvalue weighted by molar-refractivity contribution is -0.132. The van der Waals surface area contributed by atoms with Crippen molar-refractivity contribution in [3.8, 4) is 11.5 Å². The Morgan fingerprint density at radius 2 is 1.32 bits per heavy atom. The van der Waals surface area contributed by atoms with Gasteiger partial charge >= 0.3 is 0 Å². The average Bonchev–Trinajstić information content (AvgIpc) is 2.78. The quantitative estimate of drug-likeness (QED) is 0.739. The summed E-state index contributed by atoms with van der Waals surface area (Å²) in [4.78, 5) is 39.8. The molecule has 0 aromatic heterocycles. The molecule has 7 nitrogen and oxygen atoms in total. The lowest BCUT2D eigenvalue weighted by Gasteiger charge is -2.35. The van der Waals surface area contributed by atoms with E-state index in [1.807, 2.05) is 4.90 Å². The highest BCUT2D eigenvalue weighted by molar-refractivity contribution is 5.94. The van der Waals surface area contributed by atoms with Gasteiger partial charge < -0.3 is 20.3 Å². The van der Waals surface area contributed by atoms with Crippen molar-refractivity contribution in [3.05, 3.63) is 59.7 Å². The van der Waals surface area contributed by atoms with Gasteiger partial charge in [-0.05, 0) is 60.9 Å². The SMILES string of the molecule is CC(C)CCC(=O)N1CCN(C(=O)c2ccc(Oc3ccc(C(N)=O)cc3)cc2)CC1. The summed E-state index contributed by atoms with van der Waals surface area (Å²) in [6, 6.07) is 13.5. The van der Waals surface area contributed by atoms with Crippen molar-refractivity contribution in [1.29, 1.82) is 0 Å². The molecule has 0 spiro atoms. The molecule has 1 aliphatic rings. The molecule has 31 heavy (non-hydrogen) atoms. The number of nitrogens with zero attached hydrogens (tertiary/aromatic N) is 2. The normalized spacial score (nSPS) is 13.9. The van der Waals surface area contributed by atoms with Crippen molar-refractivity contribution in [3.63, 3.8) is 0 Å². The first-order chi connectivity index (χ1) is 14.8. The second kappa shape index (κ2) is 10.1. The van der Waals surface area contributed by atoms with Crippen molar-refractivity contribution < 1.29 is 19.1 Å². The van der Waals surface area contributed by atoms with Crippen molar-refractivity contribution in [2.24, 2.45) is 11.7 Å². The fourth-order valence-electron chi connectivity index (χ4n) is 3.40. The number of carbonyl (C=O) groups is 3. The maximum atomic E-state index is 12.8. The van der Waals surface area contributed by atoms with Crippen LogP contribution in [-0.4, -0.2) is 53.7 Å². The molecule has 3 rings (SSSR count). The zero-order chi connectivity index (χ0) is 22.4. The maximum absolute atomic E-state index is 12.8. The van der Waals surface area contributed by atoms with Gasteiger partial charge in [-0.2, -0.15) is 0 Å². The summed E-state index contributed by atoms with van der Waals surface area (Å²) in [5.41, 5.74) is 6.23. The Bertz CT molecular complexity index is 915. The molecule has 1 aliphatic heterocycles. The zero-order valence-corrected chi connectivity index (χ0v) is 18.0. The standard InChI is InChI=1S/C24H29N3O4/c1-17(2)3-12-22(28)26-13-15-27(16-14-26)24(30)19-6-10-21(11-7-19)31-20-8-4-18(5-9-20)23(25)29/h4-11,17H,3,12-16H2,1-2H3,(H2,25,29). The van der Waals surface area contributed by atoms with Crippen LogP contribution in [0, 0.1) is 5.92 Å². The molecule has 1 fully saturated rings. The highest BCUT2D eigenvalue weighted by Gasteiger charge is 2.24. The second-order valence-corrected chi connectivity index (χ2v) is 8.12. The largest absolute Gasteiger partial charge is 0.457 e. The molecule has 1 saturated heterocycles. The van der Waals surface area contributed by atoms with Crippen molar-refractivity contribution in [1.82, 2.24) is 9.80 Å². The summed E-state index contributed by atoms with van der Waals surface area (Å²) in [7, 11) is 0. The Kier molecular flexibility index (Phi) is 7.28. The Balaban J connectivity index is 1.52. The summed E-state index contributed by atoms with van der Waals surface area (Å²) < 4.78 is 5.75. The third-order valence-corrected chi connectivity index (χ3v) is 5.33. The molecule has 0 bridgehead atoms. The Morgan fingerprint density at radius 1 is 0.839 bits per heavy atom. The molecule has 0 aliphatic carbocycles. The lowest BCUT2D eigenvalue weighted by Crippen LogP contribution is -2.50. The van der Waals surface area contributed by atoms with Crippen LogP contribution in [0.3, 0.4) is 0 Å². The summed E-state index contributed by atoms with van der Waals surface area (Å²) in [5.74, 6) is 1.30. The average molecular weight is 424 g/mol. The Hall–Kier alpha value is -3.35. The fourth-order valence-corrected chi connectivity index (χ4v) is 3.40. The van der Waals surface area contributed by atoms with Crippen LogP contribution in [0.25, 0.3) is 0 Å². The topological polar surface area (TPSA) is 92.9 Å². The number of primary amides is 1. The van der Waals surface area contributed by atoms with Gasteiger partial charge in [-0.1, -0.05) is 13.8 Å². The predicted molar refractivity (Wildman–Crippen MR) is 118 cm³/mol. The number of carbonyl (C=O) groups excluding carboxylic acids is 3. The number of piperazine rings is 1. The lowest BCUT2D eigenvalue weighted by atomic mass is 10.1. The van der Waals surface area contributed by atoms with Crippen molar-refractivity contribution in [2.45, 2.75) is 26.7 Å². The van der Waals surface area contributed by atoms with Gasteiger partial charge in [-0.25, -0.2) is 0 Å². The molecular formula is C24H29N3O4. The van der Waals surface area contributed by atoms with Gasteiger partial charge in [0.1, 0.15) is 11.5 Å². The van der Waals surface area contributed by atoms with Gasteiger partial charge in [0.2, 0.25) is 11.8 Å². The molecule has 164 valence electrons. The second-order valence-electron chi connectivity index (χ2n) is 8.12. The van der Waals surface area contributed by atoms with E-state index in [1.165, 1.54) is 0 Å². The molecule has 2 aromatic rings. The van der Waals surface area contributed by atoms with Crippen LogP contribution >= 0.6 is 0 Å². The van der Waals surface area contributed by atoms with E-state index >= 15 is 0 Å². The van der Waals surface area contributed by atoms with E-state index in [-0.39, 0.29) is 11.8 Å². The Morgan fingerprint density at radius 3 is 1.81 bits per heavy atom. The van der Waals surface area contributed by atoms with Crippen LogP contribution < -0.4 is 10.5 Å². The number of rotatable bonds is 7. The van der Waals surface area contributed by atoms with Crippen LogP contribution in [0.2, 0.25) is 0 Å². The first-order valence-electron chi connectivity index (χ1n) is 10.6. The van der Waals surface area contributed by atoms with Crippen LogP contribution in [-0.2, 0) is 4.79 Å². The molecule has 0 radical (unpaired) electrons. The minimum atomic E-state index is -0.491. The van der Waals surface area contributed by atoms with E-state index in [0.29, 0.717) is 61.1 Å². The third kappa shape index (κ3) is 6.07. The molecule has 2 aromatic carbocycles. The van der Waals surface area contributed by atoms with E-state index in [4.69, 9.17) is 10.5 Å². The monoisotopic (exact) mass is 423 g/mol. The number of hydrogen-bond acceptors (Lipinski definition) is 4. The number of hydrogen-bond donors (Lipinski definition) is 1. The van der Waals surface area contributed by atoms with Gasteiger partial charge in [0.15, 0.2) is 0 Å². The van der Waals surface area contributed by atoms with E-state index < -0.39 is 5.91 Å². The minimum absolute atomic E-state index is 0.0494. The van der Waals surface area contributed by atoms with Crippen molar-refractivity contribution >= 4 is 17.7 Å². The molecule has 1 heterocycles. The van der Waals surface area contributed by atoms with E-state index in [9.17, 15) is 14.4 Å². The first kappa shape index (κ1) is 22.3. The number of ether oxygens (including phenoxy) is 1. The van der Waals surface area contributed by atoms with Gasteiger partial charge in [-0.15, -0.1) is 0 Å². The molecule has 2 N–H and O–H groups in total. The van der Waals surface area contributed by atoms with E-state index in [1.54, 1.807) is 53.4 Å². The molecule has 0 atom stereocenters.